The quantitative estimate of drug-likeness (QED) is 0.761. The molecule has 3 heteroatoms. The molecule has 1 unspecified atom stereocenters. The van der Waals surface area contributed by atoms with Crippen molar-refractivity contribution in [1.29, 1.82) is 0 Å². The summed E-state index contributed by atoms with van der Waals surface area (Å²) in [6, 6.07) is 5.81. The fraction of sp³-hybridized carbons (Fsp3) is 0.625. The second kappa shape index (κ2) is 7.01. The summed E-state index contributed by atoms with van der Waals surface area (Å²) in [5.41, 5.74) is 2.09. The number of benzene rings is 1. The van der Waals surface area contributed by atoms with Crippen LogP contribution in [0.25, 0.3) is 0 Å². The molecular formula is C16H25FN2. The van der Waals surface area contributed by atoms with Crippen LogP contribution in [0.3, 0.4) is 0 Å². The Balaban J connectivity index is 1.79. The van der Waals surface area contributed by atoms with E-state index in [1.165, 1.54) is 5.56 Å². The van der Waals surface area contributed by atoms with E-state index in [1.54, 1.807) is 6.07 Å². The summed E-state index contributed by atoms with van der Waals surface area (Å²) in [4.78, 5) is 2.43. The van der Waals surface area contributed by atoms with E-state index in [0.717, 1.165) is 51.0 Å². The number of halogens is 1. The van der Waals surface area contributed by atoms with E-state index in [-0.39, 0.29) is 5.82 Å². The summed E-state index contributed by atoms with van der Waals surface area (Å²) in [6.45, 7) is 8.79. The Bertz CT molecular complexity index is 402. The molecule has 0 fully saturated rings. The molecule has 1 atom stereocenters. The highest BCUT2D eigenvalue weighted by Crippen LogP contribution is 2.32. The van der Waals surface area contributed by atoms with Crippen LogP contribution in [-0.4, -0.2) is 31.1 Å². The Hall–Kier alpha value is -0.930. The van der Waals surface area contributed by atoms with Gasteiger partial charge in [0.05, 0.1) is 0 Å². The maximum atomic E-state index is 13.6. The van der Waals surface area contributed by atoms with Gasteiger partial charge in [0.25, 0.3) is 0 Å². The van der Waals surface area contributed by atoms with Crippen LogP contribution in [0.4, 0.5) is 4.39 Å². The number of hydrogen-bond donors (Lipinski definition) is 1. The molecule has 0 saturated carbocycles. The summed E-state index contributed by atoms with van der Waals surface area (Å²) < 4.78 is 13.6. The van der Waals surface area contributed by atoms with Crippen molar-refractivity contribution in [2.45, 2.75) is 39.2 Å². The van der Waals surface area contributed by atoms with E-state index in [2.05, 4.69) is 30.1 Å². The molecule has 0 aromatic heterocycles. The van der Waals surface area contributed by atoms with Gasteiger partial charge >= 0.3 is 0 Å². The van der Waals surface area contributed by atoms with Crippen LogP contribution in [0.2, 0.25) is 0 Å². The second-order valence-corrected chi connectivity index (χ2v) is 5.23. The van der Waals surface area contributed by atoms with Crippen LogP contribution in [-0.2, 0) is 6.42 Å². The molecule has 0 bridgehead atoms. The molecule has 1 aromatic rings. The van der Waals surface area contributed by atoms with E-state index < -0.39 is 0 Å². The van der Waals surface area contributed by atoms with E-state index in [1.807, 2.05) is 6.07 Å². The van der Waals surface area contributed by atoms with Gasteiger partial charge in [-0.2, -0.15) is 0 Å². The van der Waals surface area contributed by atoms with Gasteiger partial charge in [0.15, 0.2) is 0 Å². The topological polar surface area (TPSA) is 15.3 Å². The van der Waals surface area contributed by atoms with Gasteiger partial charge in [-0.25, -0.2) is 4.39 Å². The van der Waals surface area contributed by atoms with Crippen LogP contribution in [0.5, 0.6) is 0 Å². The second-order valence-electron chi connectivity index (χ2n) is 5.23. The molecule has 1 aliphatic rings. The summed E-state index contributed by atoms with van der Waals surface area (Å²) in [7, 11) is 0. The molecule has 1 aliphatic carbocycles. The van der Waals surface area contributed by atoms with Gasteiger partial charge in [-0.05, 0) is 62.6 Å². The molecule has 2 rings (SSSR count). The number of nitrogens with zero attached hydrogens (tertiary/aromatic N) is 1. The van der Waals surface area contributed by atoms with Crippen LogP contribution < -0.4 is 5.32 Å². The Morgan fingerprint density at radius 2 is 2.11 bits per heavy atom. The number of nitrogens with one attached hydrogen (secondary N) is 1. The van der Waals surface area contributed by atoms with Crippen LogP contribution >= 0.6 is 0 Å². The van der Waals surface area contributed by atoms with Crippen molar-refractivity contribution in [3.05, 3.63) is 35.1 Å². The minimum absolute atomic E-state index is 0.0371. The maximum absolute atomic E-state index is 13.6. The average Bonchev–Trinajstić information content (AvgIpc) is 2.84. The first-order valence-corrected chi connectivity index (χ1v) is 7.49. The monoisotopic (exact) mass is 264 g/mol. The van der Waals surface area contributed by atoms with Gasteiger partial charge in [-0.3, -0.25) is 0 Å². The Kier molecular flexibility index (Phi) is 5.34. The molecule has 0 heterocycles. The lowest BCUT2D eigenvalue weighted by Gasteiger charge is -2.19. The third-order valence-corrected chi connectivity index (χ3v) is 4.15. The molecule has 0 radical (unpaired) electrons. The Morgan fingerprint density at radius 3 is 2.84 bits per heavy atom. The first-order chi connectivity index (χ1) is 9.26. The smallest absolute Gasteiger partial charge is 0.126 e. The SMILES string of the molecule is CCN(CC)CCCNC1CCc2c(F)cccc21. The molecular weight excluding hydrogens is 239 g/mol. The highest BCUT2D eigenvalue weighted by molar-refractivity contribution is 5.35. The summed E-state index contributed by atoms with van der Waals surface area (Å²) >= 11 is 0. The van der Waals surface area contributed by atoms with Crippen molar-refractivity contribution >= 4 is 0 Å². The van der Waals surface area contributed by atoms with Crippen molar-refractivity contribution in [2.75, 3.05) is 26.2 Å². The Morgan fingerprint density at radius 1 is 1.32 bits per heavy atom. The summed E-state index contributed by atoms with van der Waals surface area (Å²) in [5.74, 6) is -0.0371. The normalized spacial score (nSPS) is 18.0. The number of fused-ring (bicyclic) bond motifs is 1. The van der Waals surface area contributed by atoms with E-state index in [9.17, 15) is 4.39 Å². The lowest BCUT2D eigenvalue weighted by atomic mass is 10.1. The van der Waals surface area contributed by atoms with Crippen molar-refractivity contribution in [1.82, 2.24) is 10.2 Å². The fourth-order valence-corrected chi connectivity index (χ4v) is 2.94. The van der Waals surface area contributed by atoms with Gasteiger partial charge in [0, 0.05) is 6.04 Å². The van der Waals surface area contributed by atoms with Crippen molar-refractivity contribution in [2.24, 2.45) is 0 Å². The predicted octanol–water partition coefficient (Wildman–Crippen LogP) is 3.13. The van der Waals surface area contributed by atoms with Crippen LogP contribution in [0, 0.1) is 5.82 Å². The predicted molar refractivity (Wildman–Crippen MR) is 77.9 cm³/mol. The van der Waals surface area contributed by atoms with Crippen LogP contribution in [0.1, 0.15) is 43.9 Å². The highest BCUT2D eigenvalue weighted by Gasteiger charge is 2.23. The van der Waals surface area contributed by atoms with Crippen LogP contribution in [0.15, 0.2) is 18.2 Å². The van der Waals surface area contributed by atoms with Gasteiger partial charge in [-0.15, -0.1) is 0 Å². The standard InChI is InChI=1S/C16H25FN2/c1-3-19(4-2)12-6-11-18-16-10-9-13-14(16)7-5-8-15(13)17/h5,7-8,16,18H,3-4,6,9-12H2,1-2H3. The fourth-order valence-electron chi connectivity index (χ4n) is 2.94. The molecule has 0 amide bonds. The first kappa shape index (κ1) is 14.5. The Labute approximate surface area is 116 Å². The zero-order chi connectivity index (χ0) is 13.7. The molecule has 106 valence electrons. The third kappa shape index (κ3) is 3.54. The number of rotatable bonds is 7. The average molecular weight is 264 g/mol. The maximum Gasteiger partial charge on any atom is 0.126 e. The lowest BCUT2D eigenvalue weighted by molar-refractivity contribution is 0.295. The zero-order valence-electron chi connectivity index (χ0n) is 12.1. The highest BCUT2D eigenvalue weighted by atomic mass is 19.1. The number of hydrogen-bond acceptors (Lipinski definition) is 2. The van der Waals surface area contributed by atoms with Gasteiger partial charge < -0.3 is 10.2 Å². The van der Waals surface area contributed by atoms with Gasteiger partial charge in [-0.1, -0.05) is 26.0 Å². The summed E-state index contributed by atoms with van der Waals surface area (Å²) in [5, 5.41) is 3.58. The summed E-state index contributed by atoms with van der Waals surface area (Å²) in [6.07, 6.45) is 3.06. The van der Waals surface area contributed by atoms with E-state index in [0.29, 0.717) is 6.04 Å². The molecule has 0 saturated heterocycles. The minimum atomic E-state index is -0.0371. The largest absolute Gasteiger partial charge is 0.310 e. The first-order valence-electron chi connectivity index (χ1n) is 7.49. The third-order valence-electron chi connectivity index (χ3n) is 4.15. The molecule has 2 nitrogen and oxygen atoms in total. The van der Waals surface area contributed by atoms with Gasteiger partial charge in [0.1, 0.15) is 5.82 Å². The van der Waals surface area contributed by atoms with Crippen molar-refractivity contribution < 1.29 is 4.39 Å². The molecule has 19 heavy (non-hydrogen) atoms. The van der Waals surface area contributed by atoms with E-state index >= 15 is 0 Å². The lowest BCUT2D eigenvalue weighted by Crippen LogP contribution is -2.28. The molecule has 1 N–H and O–H groups in total. The van der Waals surface area contributed by atoms with Crippen molar-refractivity contribution in [3.8, 4) is 0 Å². The van der Waals surface area contributed by atoms with Gasteiger partial charge in [0.2, 0.25) is 0 Å². The zero-order valence-corrected chi connectivity index (χ0v) is 12.1. The minimum Gasteiger partial charge on any atom is -0.310 e. The van der Waals surface area contributed by atoms with Crippen molar-refractivity contribution in [3.63, 3.8) is 0 Å². The molecule has 0 aliphatic heterocycles. The molecule has 0 spiro atoms. The van der Waals surface area contributed by atoms with E-state index in [4.69, 9.17) is 0 Å². The molecule has 1 aromatic carbocycles.